The second kappa shape index (κ2) is 6.36. The molecule has 0 aromatic rings. The van der Waals surface area contributed by atoms with E-state index < -0.39 is 5.60 Å². The maximum absolute atomic E-state index is 12.1. The molecule has 1 saturated heterocycles. The average molecular weight is 313 g/mol. The molecule has 1 aliphatic carbocycles. The highest BCUT2D eigenvalue weighted by atomic mass is 16.6. The van der Waals surface area contributed by atoms with Gasteiger partial charge in [-0.25, -0.2) is 4.79 Å². The summed E-state index contributed by atoms with van der Waals surface area (Å²) in [5.41, 5.74) is -0.446. The van der Waals surface area contributed by atoms with Crippen molar-refractivity contribution in [2.45, 2.75) is 64.9 Å². The van der Waals surface area contributed by atoms with Crippen LogP contribution < -0.4 is 0 Å². The van der Waals surface area contributed by atoms with Crippen molar-refractivity contribution in [1.29, 1.82) is 0 Å². The second-order valence-corrected chi connectivity index (χ2v) is 8.28. The highest BCUT2D eigenvalue weighted by Gasteiger charge is 2.44. The molecule has 0 unspecified atom stereocenters. The number of likely N-dealkylation sites (tertiary alicyclic amines) is 1. The third-order valence-electron chi connectivity index (χ3n) is 5.52. The molecule has 1 spiro atoms. The Balaban J connectivity index is 1.86. The number of amides is 1. The maximum atomic E-state index is 12.1. The smallest absolute Gasteiger partial charge is 0.410 e. The number of piperidine rings is 1. The Morgan fingerprint density at radius 3 is 1.91 bits per heavy atom. The second-order valence-electron chi connectivity index (χ2n) is 8.28. The lowest BCUT2D eigenvalue weighted by molar-refractivity contribution is -0.0385. The number of hydrogen-bond donors (Lipinski definition) is 2. The summed E-state index contributed by atoms with van der Waals surface area (Å²) in [6.07, 6.45) is 5.63. The van der Waals surface area contributed by atoms with Gasteiger partial charge in [-0.15, -0.1) is 0 Å². The van der Waals surface area contributed by atoms with Gasteiger partial charge in [0.05, 0.1) is 13.2 Å². The van der Waals surface area contributed by atoms with Crippen molar-refractivity contribution < 1.29 is 19.7 Å². The molecule has 5 nitrogen and oxygen atoms in total. The zero-order valence-corrected chi connectivity index (χ0v) is 14.2. The normalized spacial score (nSPS) is 24.3. The van der Waals surface area contributed by atoms with Gasteiger partial charge < -0.3 is 19.8 Å². The third kappa shape index (κ3) is 3.93. The predicted octanol–water partition coefficient (Wildman–Crippen LogP) is 2.55. The van der Waals surface area contributed by atoms with E-state index in [1.54, 1.807) is 0 Å². The van der Waals surface area contributed by atoms with Crippen LogP contribution in [0.15, 0.2) is 0 Å². The summed E-state index contributed by atoms with van der Waals surface area (Å²) in [6, 6.07) is 0. The molecule has 2 fully saturated rings. The first-order chi connectivity index (χ1) is 10.2. The van der Waals surface area contributed by atoms with Crippen molar-refractivity contribution in [3.8, 4) is 0 Å². The van der Waals surface area contributed by atoms with E-state index in [1.807, 2.05) is 25.7 Å². The standard InChI is InChI=1S/C17H31NO4/c1-15(2,3)22-14(21)18-10-8-16(9-11-18)4-6-17(12-19,13-20)7-5-16/h19-20H,4-13H2,1-3H3. The average Bonchev–Trinajstić information content (AvgIpc) is 2.48. The van der Waals surface area contributed by atoms with E-state index in [2.05, 4.69) is 0 Å². The number of aliphatic hydroxyl groups is 2. The van der Waals surface area contributed by atoms with Crippen LogP contribution in [0.4, 0.5) is 4.79 Å². The fourth-order valence-electron chi connectivity index (χ4n) is 3.67. The van der Waals surface area contributed by atoms with Crippen LogP contribution in [-0.2, 0) is 4.74 Å². The number of aliphatic hydroxyl groups excluding tert-OH is 2. The molecule has 1 aliphatic heterocycles. The summed E-state index contributed by atoms with van der Waals surface area (Å²) in [5, 5.41) is 19.0. The van der Waals surface area contributed by atoms with Crippen molar-refractivity contribution in [1.82, 2.24) is 4.90 Å². The van der Waals surface area contributed by atoms with Gasteiger partial charge >= 0.3 is 6.09 Å². The number of rotatable bonds is 2. The molecule has 0 aromatic heterocycles. The molecule has 0 bridgehead atoms. The van der Waals surface area contributed by atoms with E-state index >= 15 is 0 Å². The summed E-state index contributed by atoms with van der Waals surface area (Å²) in [7, 11) is 0. The Hall–Kier alpha value is -0.810. The summed E-state index contributed by atoms with van der Waals surface area (Å²) < 4.78 is 5.44. The van der Waals surface area contributed by atoms with Gasteiger partial charge in [0.25, 0.3) is 0 Å². The zero-order chi connectivity index (χ0) is 16.4. The highest BCUT2D eigenvalue weighted by molar-refractivity contribution is 5.68. The van der Waals surface area contributed by atoms with Gasteiger partial charge in [-0.05, 0) is 64.7 Å². The largest absolute Gasteiger partial charge is 0.444 e. The molecule has 0 aromatic carbocycles. The van der Waals surface area contributed by atoms with Crippen LogP contribution in [0.5, 0.6) is 0 Å². The van der Waals surface area contributed by atoms with Crippen molar-refractivity contribution >= 4 is 6.09 Å². The van der Waals surface area contributed by atoms with Crippen LogP contribution in [0, 0.1) is 10.8 Å². The van der Waals surface area contributed by atoms with Gasteiger partial charge in [0.1, 0.15) is 5.60 Å². The monoisotopic (exact) mass is 313 g/mol. The quantitative estimate of drug-likeness (QED) is 0.822. The van der Waals surface area contributed by atoms with Gasteiger partial charge in [-0.2, -0.15) is 0 Å². The first kappa shape index (κ1) is 17.5. The molecule has 5 heteroatoms. The third-order valence-corrected chi connectivity index (χ3v) is 5.52. The van der Waals surface area contributed by atoms with Crippen LogP contribution in [0.3, 0.4) is 0 Å². The number of carbonyl (C=O) groups is 1. The Labute approximate surface area is 133 Å². The summed E-state index contributed by atoms with van der Waals surface area (Å²) in [5.74, 6) is 0. The molecular formula is C17H31NO4. The molecule has 128 valence electrons. The van der Waals surface area contributed by atoms with Crippen LogP contribution >= 0.6 is 0 Å². The lowest BCUT2D eigenvalue weighted by Crippen LogP contribution is -2.48. The first-order valence-corrected chi connectivity index (χ1v) is 8.43. The Morgan fingerprint density at radius 1 is 1.00 bits per heavy atom. The summed E-state index contributed by atoms with van der Waals surface area (Å²) in [4.78, 5) is 13.9. The molecular weight excluding hydrogens is 282 g/mol. The fourth-order valence-corrected chi connectivity index (χ4v) is 3.67. The minimum atomic E-state index is -0.446. The zero-order valence-electron chi connectivity index (χ0n) is 14.2. The lowest BCUT2D eigenvalue weighted by atomic mass is 9.61. The molecule has 0 radical (unpaired) electrons. The van der Waals surface area contributed by atoms with Gasteiger partial charge in [0.15, 0.2) is 0 Å². The van der Waals surface area contributed by atoms with Gasteiger partial charge in [0, 0.05) is 18.5 Å². The Kier molecular flexibility index (Phi) is 5.07. The molecule has 1 saturated carbocycles. The van der Waals surface area contributed by atoms with Crippen LogP contribution in [0.25, 0.3) is 0 Å². The van der Waals surface area contributed by atoms with Crippen LogP contribution in [0.1, 0.15) is 59.3 Å². The molecule has 0 atom stereocenters. The Morgan fingerprint density at radius 2 is 1.50 bits per heavy atom. The molecule has 2 rings (SSSR count). The molecule has 1 amide bonds. The van der Waals surface area contributed by atoms with E-state index in [0.717, 1.165) is 51.6 Å². The SMILES string of the molecule is CC(C)(C)OC(=O)N1CCC2(CC1)CCC(CO)(CO)CC2. The lowest BCUT2D eigenvalue weighted by Gasteiger charge is -2.49. The summed E-state index contributed by atoms with van der Waals surface area (Å²) in [6.45, 7) is 7.32. The van der Waals surface area contributed by atoms with Gasteiger partial charge in [-0.1, -0.05) is 0 Å². The van der Waals surface area contributed by atoms with E-state index in [4.69, 9.17) is 4.74 Å². The van der Waals surface area contributed by atoms with Crippen molar-refractivity contribution in [3.05, 3.63) is 0 Å². The van der Waals surface area contributed by atoms with Gasteiger partial charge in [0.2, 0.25) is 0 Å². The highest BCUT2D eigenvalue weighted by Crippen LogP contribution is 2.50. The van der Waals surface area contributed by atoms with Crippen molar-refractivity contribution in [3.63, 3.8) is 0 Å². The van der Waals surface area contributed by atoms with Crippen LogP contribution in [-0.4, -0.2) is 53.1 Å². The number of ether oxygens (including phenoxy) is 1. The topological polar surface area (TPSA) is 70.0 Å². The fraction of sp³-hybridized carbons (Fsp3) is 0.941. The van der Waals surface area contributed by atoms with Gasteiger partial charge in [-0.3, -0.25) is 0 Å². The van der Waals surface area contributed by atoms with Crippen LogP contribution in [0.2, 0.25) is 0 Å². The van der Waals surface area contributed by atoms with Crippen molar-refractivity contribution in [2.75, 3.05) is 26.3 Å². The minimum Gasteiger partial charge on any atom is -0.444 e. The number of carbonyl (C=O) groups excluding carboxylic acids is 1. The van der Waals surface area contributed by atoms with E-state index in [0.29, 0.717) is 0 Å². The minimum absolute atomic E-state index is 0.0730. The predicted molar refractivity (Wildman–Crippen MR) is 84.5 cm³/mol. The molecule has 1 heterocycles. The molecule has 22 heavy (non-hydrogen) atoms. The Bertz CT molecular complexity index is 378. The number of nitrogens with zero attached hydrogens (tertiary/aromatic N) is 1. The molecule has 2 N–H and O–H groups in total. The first-order valence-electron chi connectivity index (χ1n) is 8.43. The van der Waals surface area contributed by atoms with E-state index in [9.17, 15) is 15.0 Å². The summed E-state index contributed by atoms with van der Waals surface area (Å²) >= 11 is 0. The number of hydrogen-bond acceptors (Lipinski definition) is 4. The molecule has 2 aliphatic rings. The van der Waals surface area contributed by atoms with Crippen molar-refractivity contribution in [2.24, 2.45) is 10.8 Å². The van der Waals surface area contributed by atoms with E-state index in [1.165, 1.54) is 0 Å². The van der Waals surface area contributed by atoms with E-state index in [-0.39, 0.29) is 30.1 Å². The maximum Gasteiger partial charge on any atom is 0.410 e.